The third-order valence-corrected chi connectivity index (χ3v) is 8.15. The third-order valence-electron chi connectivity index (χ3n) is 5.29. The molecule has 0 radical (unpaired) electrons. The van der Waals surface area contributed by atoms with Gasteiger partial charge in [0.05, 0.1) is 5.56 Å². The molecule has 1 saturated heterocycles. The minimum Gasteiger partial charge on any atom is -0.412 e. The van der Waals surface area contributed by atoms with Crippen LogP contribution in [-0.4, -0.2) is 49.1 Å². The van der Waals surface area contributed by atoms with Gasteiger partial charge in [-0.25, -0.2) is 13.1 Å². The van der Waals surface area contributed by atoms with Gasteiger partial charge in [-0.15, -0.1) is 21.5 Å². The number of hydrogen-bond acceptors (Lipinski definition) is 7. The molecule has 1 aliphatic rings. The van der Waals surface area contributed by atoms with Crippen molar-refractivity contribution >= 4 is 27.3 Å². The number of amides is 1. The minimum absolute atomic E-state index is 0.0368. The van der Waals surface area contributed by atoms with E-state index in [1.807, 2.05) is 37.3 Å². The third kappa shape index (κ3) is 5.03. The fourth-order valence-electron chi connectivity index (χ4n) is 3.43. The van der Waals surface area contributed by atoms with Crippen LogP contribution in [0.2, 0.25) is 0 Å². The number of hydrogen-bond donors (Lipinski definition) is 1. The van der Waals surface area contributed by atoms with Gasteiger partial charge < -0.3 is 9.32 Å². The highest BCUT2D eigenvalue weighted by Gasteiger charge is 2.25. The average Bonchev–Trinajstić information content (AvgIpc) is 3.48. The van der Waals surface area contributed by atoms with Crippen LogP contribution in [0.4, 0.5) is 0 Å². The van der Waals surface area contributed by atoms with E-state index < -0.39 is 10.0 Å². The lowest BCUT2D eigenvalue weighted by Gasteiger charge is -2.24. The van der Waals surface area contributed by atoms with Crippen LogP contribution in [0.15, 0.2) is 50.4 Å². The summed E-state index contributed by atoms with van der Waals surface area (Å²) >= 11 is 1.07. The molecular formula is C21H24N4O4S2. The lowest BCUT2D eigenvalue weighted by molar-refractivity contribution is 0.0684. The van der Waals surface area contributed by atoms with Crippen LogP contribution in [0.1, 0.15) is 48.4 Å². The van der Waals surface area contributed by atoms with Crippen LogP contribution in [0, 0.1) is 0 Å². The topological polar surface area (TPSA) is 105 Å². The standard InChI is InChI=1S/C21H24N4O4S2/c1-15(16-8-4-2-5-9-16)13-22-31(27,28)18-12-17(14-30-18)19-23-24-20(29-19)21(26)25-10-6-3-7-11-25/h2,4-5,8-9,12,14-15,22H,3,6-7,10-11,13H2,1H3. The van der Waals surface area contributed by atoms with E-state index in [-0.39, 0.29) is 34.4 Å². The maximum Gasteiger partial charge on any atom is 0.311 e. The molecule has 0 aliphatic carbocycles. The van der Waals surface area contributed by atoms with E-state index in [1.54, 1.807) is 10.3 Å². The molecule has 3 heterocycles. The van der Waals surface area contributed by atoms with Crippen molar-refractivity contribution in [3.05, 3.63) is 53.2 Å². The van der Waals surface area contributed by atoms with Crippen molar-refractivity contribution in [2.75, 3.05) is 19.6 Å². The zero-order valence-corrected chi connectivity index (χ0v) is 18.8. The number of piperidine rings is 1. The lowest BCUT2D eigenvalue weighted by Crippen LogP contribution is -2.35. The van der Waals surface area contributed by atoms with Crippen molar-refractivity contribution in [2.24, 2.45) is 0 Å². The molecular weight excluding hydrogens is 436 g/mol. The normalized spacial score (nSPS) is 15.7. The Bertz CT molecular complexity index is 1140. The molecule has 31 heavy (non-hydrogen) atoms. The van der Waals surface area contributed by atoms with E-state index in [1.165, 1.54) is 6.07 Å². The molecule has 0 bridgehead atoms. The van der Waals surface area contributed by atoms with Gasteiger partial charge >= 0.3 is 11.8 Å². The number of likely N-dealkylation sites (tertiary alicyclic amines) is 1. The van der Waals surface area contributed by atoms with E-state index in [9.17, 15) is 13.2 Å². The van der Waals surface area contributed by atoms with E-state index in [0.717, 1.165) is 36.2 Å². The van der Waals surface area contributed by atoms with Crippen LogP contribution in [-0.2, 0) is 10.0 Å². The SMILES string of the molecule is CC(CNS(=O)(=O)c1cc(-c2nnc(C(=O)N3CCCCC3)o2)cs1)c1ccccc1. The number of nitrogens with one attached hydrogen (secondary N) is 1. The van der Waals surface area contributed by atoms with Crippen LogP contribution in [0.3, 0.4) is 0 Å². The second-order valence-corrected chi connectivity index (χ2v) is 10.5. The summed E-state index contributed by atoms with van der Waals surface area (Å²) in [6, 6.07) is 11.2. The van der Waals surface area contributed by atoms with E-state index >= 15 is 0 Å². The number of benzene rings is 1. The van der Waals surface area contributed by atoms with Gasteiger partial charge in [-0.1, -0.05) is 37.3 Å². The minimum atomic E-state index is -3.67. The highest BCUT2D eigenvalue weighted by molar-refractivity contribution is 7.91. The molecule has 1 atom stereocenters. The Labute approximate surface area is 185 Å². The van der Waals surface area contributed by atoms with Crippen molar-refractivity contribution in [3.8, 4) is 11.5 Å². The summed E-state index contributed by atoms with van der Waals surface area (Å²) in [6.45, 7) is 3.63. The zero-order valence-electron chi connectivity index (χ0n) is 17.2. The molecule has 2 aromatic heterocycles. The quantitative estimate of drug-likeness (QED) is 0.578. The average molecular weight is 461 g/mol. The molecule has 0 saturated carbocycles. The number of aromatic nitrogens is 2. The van der Waals surface area contributed by atoms with E-state index in [2.05, 4.69) is 14.9 Å². The Balaban J connectivity index is 1.43. The lowest BCUT2D eigenvalue weighted by atomic mass is 10.0. The maximum atomic E-state index is 12.7. The zero-order chi connectivity index (χ0) is 21.8. The number of carbonyl (C=O) groups is 1. The molecule has 3 aromatic rings. The Kier molecular flexibility index (Phi) is 6.49. The molecule has 1 aliphatic heterocycles. The van der Waals surface area contributed by atoms with E-state index in [4.69, 9.17) is 4.42 Å². The van der Waals surface area contributed by atoms with Gasteiger partial charge in [0.2, 0.25) is 15.9 Å². The van der Waals surface area contributed by atoms with Gasteiger partial charge in [0.15, 0.2) is 0 Å². The van der Waals surface area contributed by atoms with Gasteiger partial charge in [0.25, 0.3) is 0 Å². The number of thiophene rings is 1. The summed E-state index contributed by atoms with van der Waals surface area (Å²) in [6.07, 6.45) is 3.05. The first-order valence-electron chi connectivity index (χ1n) is 10.2. The summed E-state index contributed by atoms with van der Waals surface area (Å²) in [5.41, 5.74) is 1.54. The van der Waals surface area contributed by atoms with Crippen LogP contribution in [0.5, 0.6) is 0 Å². The van der Waals surface area contributed by atoms with Crippen molar-refractivity contribution < 1.29 is 17.6 Å². The van der Waals surface area contributed by atoms with Crippen LogP contribution < -0.4 is 4.72 Å². The van der Waals surface area contributed by atoms with E-state index in [0.29, 0.717) is 18.7 Å². The Hall–Kier alpha value is -2.56. The van der Waals surface area contributed by atoms with Gasteiger partial charge in [-0.2, -0.15) is 0 Å². The van der Waals surface area contributed by atoms with Crippen molar-refractivity contribution in [1.29, 1.82) is 0 Å². The molecule has 10 heteroatoms. The monoisotopic (exact) mass is 460 g/mol. The Morgan fingerprint density at radius 2 is 1.94 bits per heavy atom. The van der Waals surface area contributed by atoms with Gasteiger partial charge in [0.1, 0.15) is 4.21 Å². The number of rotatable bonds is 7. The molecule has 1 N–H and O–H groups in total. The van der Waals surface area contributed by atoms with Crippen molar-refractivity contribution in [1.82, 2.24) is 19.8 Å². The van der Waals surface area contributed by atoms with Gasteiger partial charge in [-0.3, -0.25) is 4.79 Å². The molecule has 4 rings (SSSR count). The second kappa shape index (κ2) is 9.29. The Morgan fingerprint density at radius 1 is 1.19 bits per heavy atom. The molecule has 1 amide bonds. The first-order chi connectivity index (χ1) is 14.9. The summed E-state index contributed by atoms with van der Waals surface area (Å²) < 4.78 is 33.8. The van der Waals surface area contributed by atoms with Gasteiger partial charge in [-0.05, 0) is 36.8 Å². The summed E-state index contributed by atoms with van der Waals surface area (Å²) in [5.74, 6) is -0.175. The van der Waals surface area contributed by atoms with Crippen LogP contribution in [0.25, 0.3) is 11.5 Å². The first kappa shape index (κ1) is 21.7. The van der Waals surface area contributed by atoms with Gasteiger partial charge in [0, 0.05) is 25.0 Å². The highest BCUT2D eigenvalue weighted by Crippen LogP contribution is 2.28. The summed E-state index contributed by atoms with van der Waals surface area (Å²) in [5, 5.41) is 9.44. The number of nitrogens with zero attached hydrogens (tertiary/aromatic N) is 3. The second-order valence-electron chi connectivity index (χ2n) is 7.58. The van der Waals surface area contributed by atoms with Crippen molar-refractivity contribution in [3.63, 3.8) is 0 Å². The summed E-state index contributed by atoms with van der Waals surface area (Å²) in [7, 11) is -3.67. The number of sulfonamides is 1. The molecule has 0 spiro atoms. The van der Waals surface area contributed by atoms with Crippen LogP contribution >= 0.6 is 11.3 Å². The predicted octanol–water partition coefficient (Wildman–Crippen LogP) is 3.51. The predicted molar refractivity (Wildman–Crippen MR) is 117 cm³/mol. The number of carbonyl (C=O) groups excluding carboxylic acids is 1. The largest absolute Gasteiger partial charge is 0.412 e. The molecule has 164 valence electrons. The summed E-state index contributed by atoms with van der Waals surface area (Å²) in [4.78, 5) is 14.2. The molecule has 1 aromatic carbocycles. The van der Waals surface area contributed by atoms with Crippen molar-refractivity contribution in [2.45, 2.75) is 36.3 Å². The highest BCUT2D eigenvalue weighted by atomic mass is 32.2. The fraction of sp³-hybridized carbons (Fsp3) is 0.381. The molecule has 1 fully saturated rings. The maximum absolute atomic E-state index is 12.7. The smallest absolute Gasteiger partial charge is 0.311 e. The first-order valence-corrected chi connectivity index (χ1v) is 12.6. The Morgan fingerprint density at radius 3 is 2.68 bits per heavy atom. The molecule has 1 unspecified atom stereocenters. The molecule has 8 nitrogen and oxygen atoms in total. The fourth-order valence-corrected chi connectivity index (χ4v) is 5.76.